The summed E-state index contributed by atoms with van der Waals surface area (Å²) in [6, 6.07) is 35.0. The molecule has 0 fully saturated rings. The second-order valence-corrected chi connectivity index (χ2v) is 13.4. The Hall–Kier alpha value is -5.49. The van der Waals surface area contributed by atoms with Gasteiger partial charge in [-0.15, -0.1) is 23.1 Å². The number of thioether (sulfide) groups is 1. The van der Waals surface area contributed by atoms with Gasteiger partial charge in [0.25, 0.3) is 11.8 Å². The number of aromatic nitrogens is 1. The second-order valence-electron chi connectivity index (χ2n) is 10.5. The molecule has 0 aliphatic carbocycles. The molecule has 0 saturated heterocycles. The van der Waals surface area contributed by atoms with Crippen LogP contribution in [0.2, 0.25) is 0 Å². The number of nitrogens with zero attached hydrogens (tertiary/aromatic N) is 1. The van der Waals surface area contributed by atoms with Crippen LogP contribution in [-0.4, -0.2) is 29.8 Å². The average Bonchev–Trinajstić information content (AvgIpc) is 3.84. The fourth-order valence-corrected chi connectivity index (χ4v) is 7.16. The zero-order valence-electron chi connectivity index (χ0n) is 26.2. The van der Waals surface area contributed by atoms with Crippen molar-refractivity contribution in [1.29, 1.82) is 0 Å². The molecule has 1 unspecified atom stereocenters. The molecule has 6 rings (SSSR count). The quantitative estimate of drug-likeness (QED) is 0.0869. The second kappa shape index (κ2) is 16.1. The van der Waals surface area contributed by atoms with E-state index in [1.807, 2.05) is 95.0 Å². The number of anilines is 2. The number of benzene rings is 4. The Kier molecular flexibility index (Phi) is 11.0. The molecule has 0 saturated carbocycles. The number of thiophene rings is 1. The van der Waals surface area contributed by atoms with Crippen LogP contribution in [0.3, 0.4) is 0 Å². The van der Waals surface area contributed by atoms with Crippen molar-refractivity contribution in [2.45, 2.75) is 10.1 Å². The van der Waals surface area contributed by atoms with Gasteiger partial charge in [0, 0.05) is 27.1 Å². The number of para-hydroxylation sites is 1. The van der Waals surface area contributed by atoms with Crippen molar-refractivity contribution in [1.82, 2.24) is 10.3 Å². The van der Waals surface area contributed by atoms with Gasteiger partial charge in [-0.25, -0.2) is 4.98 Å². The molecule has 3 amide bonds. The fraction of sp³-hybridized carbons (Fsp3) is 0.0526. The molecule has 4 aromatic carbocycles. The van der Waals surface area contributed by atoms with Crippen molar-refractivity contribution >= 4 is 69.1 Å². The van der Waals surface area contributed by atoms with Crippen LogP contribution in [0, 0.1) is 0 Å². The van der Waals surface area contributed by atoms with E-state index in [4.69, 9.17) is 4.74 Å². The van der Waals surface area contributed by atoms with Crippen molar-refractivity contribution in [3.05, 3.63) is 154 Å². The van der Waals surface area contributed by atoms with Crippen LogP contribution < -0.4 is 20.7 Å². The van der Waals surface area contributed by atoms with Gasteiger partial charge in [-0.2, -0.15) is 11.3 Å². The van der Waals surface area contributed by atoms with Gasteiger partial charge in [0.15, 0.2) is 5.13 Å². The first-order valence-electron chi connectivity index (χ1n) is 15.1. The first-order chi connectivity index (χ1) is 24.0. The van der Waals surface area contributed by atoms with E-state index < -0.39 is 11.2 Å². The molecule has 3 N–H and O–H groups in total. The van der Waals surface area contributed by atoms with Crippen molar-refractivity contribution in [3.63, 3.8) is 0 Å². The molecule has 8 nitrogen and oxygen atoms in total. The van der Waals surface area contributed by atoms with Gasteiger partial charge < -0.3 is 20.7 Å². The number of hydrogen-bond acceptors (Lipinski definition) is 8. The van der Waals surface area contributed by atoms with E-state index in [-0.39, 0.29) is 17.5 Å². The summed E-state index contributed by atoms with van der Waals surface area (Å²) < 4.78 is 5.48. The minimum atomic E-state index is -0.575. The Labute approximate surface area is 295 Å². The van der Waals surface area contributed by atoms with Crippen molar-refractivity contribution in [2.24, 2.45) is 0 Å². The van der Waals surface area contributed by atoms with Crippen molar-refractivity contribution in [2.75, 3.05) is 17.7 Å². The highest BCUT2D eigenvalue weighted by Crippen LogP contribution is 2.38. The molecule has 49 heavy (non-hydrogen) atoms. The van der Waals surface area contributed by atoms with Gasteiger partial charge in [0.1, 0.15) is 16.7 Å². The standard InChI is InChI=1S/C38H30N4O4S3/c1-46-33-15-9-8-14-30(33)32-24-48-38(41-32)42-37(45)34(26-10-4-2-5-11-26)49-29-18-16-28(17-19-29)39-36(44)31(22-25-20-21-47-23-25)40-35(43)27-12-6-3-7-13-27/h2-24,34H,1H3,(H,39,44)(H,40,43)(H,41,42,45)/b31-22-. The van der Waals surface area contributed by atoms with Gasteiger partial charge in [0.05, 0.1) is 12.8 Å². The summed E-state index contributed by atoms with van der Waals surface area (Å²) in [5.41, 5.74) is 4.28. The number of carbonyl (C=O) groups excluding carboxylic acids is 3. The monoisotopic (exact) mass is 702 g/mol. The topological polar surface area (TPSA) is 109 Å². The van der Waals surface area contributed by atoms with Gasteiger partial charge in [-0.1, -0.05) is 60.7 Å². The minimum Gasteiger partial charge on any atom is -0.496 e. The van der Waals surface area contributed by atoms with E-state index in [9.17, 15) is 14.4 Å². The van der Waals surface area contributed by atoms with Crippen molar-refractivity contribution in [3.8, 4) is 17.0 Å². The predicted octanol–water partition coefficient (Wildman–Crippen LogP) is 8.76. The Morgan fingerprint density at radius 2 is 1.53 bits per heavy atom. The van der Waals surface area contributed by atoms with Crippen LogP contribution >= 0.6 is 34.4 Å². The molecule has 0 aliphatic rings. The third-order valence-electron chi connectivity index (χ3n) is 7.21. The van der Waals surface area contributed by atoms with E-state index in [0.29, 0.717) is 27.8 Å². The molecule has 0 bridgehead atoms. The summed E-state index contributed by atoms with van der Waals surface area (Å²) in [5, 5.41) is 14.2. The Morgan fingerprint density at radius 1 is 0.816 bits per heavy atom. The number of nitrogens with one attached hydrogen (secondary N) is 3. The summed E-state index contributed by atoms with van der Waals surface area (Å²) >= 11 is 4.23. The van der Waals surface area contributed by atoms with E-state index in [0.717, 1.165) is 21.6 Å². The van der Waals surface area contributed by atoms with Crippen LogP contribution in [0.15, 0.2) is 142 Å². The lowest BCUT2D eigenvalue weighted by atomic mass is 10.1. The maximum Gasteiger partial charge on any atom is 0.272 e. The highest BCUT2D eigenvalue weighted by Gasteiger charge is 2.24. The molecule has 0 aliphatic heterocycles. The molecule has 244 valence electrons. The molecule has 2 aromatic heterocycles. The number of carbonyl (C=O) groups is 3. The number of amides is 3. The maximum absolute atomic E-state index is 13.7. The molecule has 1 atom stereocenters. The van der Waals surface area contributed by atoms with Gasteiger partial charge in [-0.3, -0.25) is 14.4 Å². The highest BCUT2D eigenvalue weighted by molar-refractivity contribution is 8.00. The lowest BCUT2D eigenvalue weighted by Gasteiger charge is -2.17. The number of methoxy groups -OCH3 is 1. The molecular formula is C38H30N4O4S3. The van der Waals surface area contributed by atoms with Gasteiger partial charge in [-0.05, 0) is 82.6 Å². The predicted molar refractivity (Wildman–Crippen MR) is 199 cm³/mol. The fourth-order valence-electron chi connectivity index (χ4n) is 4.80. The van der Waals surface area contributed by atoms with E-state index >= 15 is 0 Å². The highest BCUT2D eigenvalue weighted by atomic mass is 32.2. The summed E-state index contributed by atoms with van der Waals surface area (Å²) in [4.78, 5) is 45.5. The average molecular weight is 703 g/mol. The third kappa shape index (κ3) is 8.71. The number of rotatable bonds is 12. The lowest BCUT2D eigenvalue weighted by Crippen LogP contribution is -2.30. The summed E-state index contributed by atoms with van der Waals surface area (Å²) in [5.74, 6) is -0.363. The Balaban J connectivity index is 1.16. The van der Waals surface area contributed by atoms with Crippen LogP contribution in [0.25, 0.3) is 17.3 Å². The normalized spacial score (nSPS) is 11.7. The lowest BCUT2D eigenvalue weighted by molar-refractivity contribution is -0.116. The minimum absolute atomic E-state index is 0.113. The largest absolute Gasteiger partial charge is 0.496 e. The van der Waals surface area contributed by atoms with Crippen LogP contribution in [0.4, 0.5) is 10.8 Å². The number of hydrogen-bond donors (Lipinski definition) is 3. The molecule has 2 heterocycles. The van der Waals surface area contributed by atoms with Crippen LogP contribution in [0.5, 0.6) is 5.75 Å². The Bertz CT molecular complexity index is 2060. The number of ether oxygens (including phenoxy) is 1. The van der Waals surface area contributed by atoms with Crippen molar-refractivity contribution < 1.29 is 19.1 Å². The first-order valence-corrected chi connectivity index (χ1v) is 17.8. The molecule has 11 heteroatoms. The third-order valence-corrected chi connectivity index (χ3v) is 9.93. The number of thiazole rings is 1. The Morgan fingerprint density at radius 3 is 2.24 bits per heavy atom. The van der Waals surface area contributed by atoms with E-state index in [1.165, 1.54) is 34.4 Å². The molecule has 0 radical (unpaired) electrons. The molecule has 6 aromatic rings. The van der Waals surface area contributed by atoms with E-state index in [1.54, 1.807) is 49.6 Å². The first kappa shape index (κ1) is 33.4. The smallest absolute Gasteiger partial charge is 0.272 e. The van der Waals surface area contributed by atoms with E-state index in [2.05, 4.69) is 20.9 Å². The molecule has 0 spiro atoms. The van der Waals surface area contributed by atoms with Gasteiger partial charge in [0.2, 0.25) is 5.91 Å². The van der Waals surface area contributed by atoms with Crippen LogP contribution in [0.1, 0.15) is 26.7 Å². The maximum atomic E-state index is 13.7. The zero-order chi connectivity index (χ0) is 34.0. The summed E-state index contributed by atoms with van der Waals surface area (Å²) in [6.07, 6.45) is 1.64. The zero-order valence-corrected chi connectivity index (χ0v) is 28.6. The van der Waals surface area contributed by atoms with Gasteiger partial charge >= 0.3 is 0 Å². The molecular weight excluding hydrogens is 673 g/mol. The SMILES string of the molecule is COc1ccccc1-c1csc(NC(=O)C(Sc2ccc(NC(=O)/C(=C/c3ccsc3)NC(=O)c3ccccc3)cc2)c2ccccc2)n1. The summed E-state index contributed by atoms with van der Waals surface area (Å²) in [6.45, 7) is 0. The van der Waals surface area contributed by atoms with Crippen LogP contribution in [-0.2, 0) is 9.59 Å². The summed E-state index contributed by atoms with van der Waals surface area (Å²) in [7, 11) is 1.61.